The summed E-state index contributed by atoms with van der Waals surface area (Å²) in [5.41, 5.74) is 0.810. The molecule has 0 bridgehead atoms. The predicted molar refractivity (Wildman–Crippen MR) is 74.1 cm³/mol. The molecule has 2 unspecified atom stereocenters. The van der Waals surface area contributed by atoms with Gasteiger partial charge in [0.25, 0.3) is 11.8 Å². The molecule has 0 aromatic heterocycles. The predicted octanol–water partition coefficient (Wildman–Crippen LogP) is 1.86. The number of imide groups is 1. The Balaban J connectivity index is 1.91. The van der Waals surface area contributed by atoms with Crippen LogP contribution in [0.2, 0.25) is 0 Å². The van der Waals surface area contributed by atoms with Crippen molar-refractivity contribution < 1.29 is 19.5 Å². The van der Waals surface area contributed by atoms with Gasteiger partial charge in [0.15, 0.2) is 0 Å². The first-order valence-corrected chi connectivity index (χ1v) is 7.06. The fraction of sp³-hybridized carbons (Fsp3) is 0.400. The summed E-state index contributed by atoms with van der Waals surface area (Å²) >= 11 is 0. The van der Waals surface area contributed by atoms with Gasteiger partial charge in [-0.2, -0.15) is 0 Å². The number of carbonyl (C=O) groups is 3. The van der Waals surface area contributed by atoms with Crippen molar-refractivity contribution in [2.75, 3.05) is 0 Å². The highest BCUT2D eigenvalue weighted by molar-refractivity contribution is 6.21. The molecule has 1 fully saturated rings. The molecule has 2 aliphatic rings. The summed E-state index contributed by atoms with van der Waals surface area (Å²) in [5, 5.41) is 11.4. The maximum atomic E-state index is 12.5. The van der Waals surface area contributed by atoms with E-state index in [9.17, 15) is 14.4 Å². The molecule has 1 aliphatic heterocycles. The first-order valence-electron chi connectivity index (χ1n) is 7.06. The van der Waals surface area contributed by atoms with E-state index in [2.05, 4.69) is 5.32 Å². The van der Waals surface area contributed by atoms with Crippen molar-refractivity contribution in [3.8, 4) is 0 Å². The molecule has 6 heteroatoms. The molecule has 0 radical (unpaired) electrons. The molecule has 1 aliphatic carbocycles. The molecule has 21 heavy (non-hydrogen) atoms. The van der Waals surface area contributed by atoms with Crippen LogP contribution < -0.4 is 5.32 Å². The summed E-state index contributed by atoms with van der Waals surface area (Å²) in [4.78, 5) is 37.1. The molecule has 1 aromatic carbocycles. The van der Waals surface area contributed by atoms with Crippen LogP contribution in [0.3, 0.4) is 0 Å². The number of hydrogen-bond donors (Lipinski definition) is 2. The van der Waals surface area contributed by atoms with Crippen molar-refractivity contribution in [3.05, 3.63) is 35.4 Å². The van der Waals surface area contributed by atoms with Crippen molar-refractivity contribution in [2.45, 2.75) is 37.8 Å². The van der Waals surface area contributed by atoms with E-state index in [0.717, 1.165) is 12.8 Å². The normalized spacial score (nSPS) is 24.9. The lowest BCUT2D eigenvalue weighted by Gasteiger charge is -2.36. The van der Waals surface area contributed by atoms with Gasteiger partial charge in [0, 0.05) is 0 Å². The molecule has 6 nitrogen and oxygen atoms in total. The van der Waals surface area contributed by atoms with Gasteiger partial charge in [-0.1, -0.05) is 25.0 Å². The number of amides is 3. The second-order valence-corrected chi connectivity index (χ2v) is 5.43. The molecular formula is C15H16N2O4. The highest BCUT2D eigenvalue weighted by Gasteiger charge is 2.43. The fourth-order valence-electron chi connectivity index (χ4n) is 3.26. The van der Waals surface area contributed by atoms with E-state index in [4.69, 9.17) is 5.11 Å². The minimum atomic E-state index is -1.12. The number of nitrogens with one attached hydrogen (secondary N) is 1. The van der Waals surface area contributed by atoms with E-state index in [1.165, 1.54) is 4.90 Å². The zero-order chi connectivity index (χ0) is 15.0. The van der Waals surface area contributed by atoms with E-state index in [-0.39, 0.29) is 11.8 Å². The summed E-state index contributed by atoms with van der Waals surface area (Å²) < 4.78 is 0. The maximum Gasteiger partial charge on any atom is 0.404 e. The number of hydrogen-bond acceptors (Lipinski definition) is 3. The average Bonchev–Trinajstić information content (AvgIpc) is 2.72. The number of carbonyl (C=O) groups excluding carboxylic acids is 2. The van der Waals surface area contributed by atoms with Crippen LogP contribution >= 0.6 is 0 Å². The largest absolute Gasteiger partial charge is 0.465 e. The van der Waals surface area contributed by atoms with Crippen molar-refractivity contribution in [1.82, 2.24) is 10.2 Å². The second-order valence-electron chi connectivity index (χ2n) is 5.43. The van der Waals surface area contributed by atoms with Gasteiger partial charge in [0.2, 0.25) is 0 Å². The first-order chi connectivity index (χ1) is 10.1. The van der Waals surface area contributed by atoms with E-state index in [1.807, 2.05) is 0 Å². The van der Waals surface area contributed by atoms with E-state index >= 15 is 0 Å². The Morgan fingerprint density at radius 1 is 1.10 bits per heavy atom. The number of fused-ring (bicyclic) bond motifs is 1. The van der Waals surface area contributed by atoms with Gasteiger partial charge in [-0.25, -0.2) is 4.79 Å². The van der Waals surface area contributed by atoms with Gasteiger partial charge in [0.1, 0.15) is 0 Å². The SMILES string of the molecule is O=C(O)NC1CCCCC1N1C(=O)c2ccccc2C1=O. The molecule has 110 valence electrons. The molecule has 1 heterocycles. The lowest BCUT2D eigenvalue weighted by Crippen LogP contribution is -2.54. The molecule has 3 amide bonds. The Kier molecular flexibility index (Phi) is 3.37. The van der Waals surface area contributed by atoms with Gasteiger partial charge in [-0.05, 0) is 25.0 Å². The average molecular weight is 288 g/mol. The number of rotatable bonds is 2. The zero-order valence-electron chi connectivity index (χ0n) is 11.4. The van der Waals surface area contributed by atoms with E-state index in [0.29, 0.717) is 24.0 Å². The fourth-order valence-corrected chi connectivity index (χ4v) is 3.26. The quantitative estimate of drug-likeness (QED) is 0.813. The Labute approximate surface area is 121 Å². The van der Waals surface area contributed by atoms with Crippen LogP contribution in [0.4, 0.5) is 4.79 Å². The van der Waals surface area contributed by atoms with Gasteiger partial charge in [-0.3, -0.25) is 14.5 Å². The molecule has 1 aromatic rings. The van der Waals surface area contributed by atoms with Crippen molar-refractivity contribution in [1.29, 1.82) is 0 Å². The third-order valence-electron chi connectivity index (χ3n) is 4.20. The Bertz CT molecular complexity index is 578. The number of carboxylic acid groups (broad SMARTS) is 1. The molecular weight excluding hydrogens is 272 g/mol. The van der Waals surface area contributed by atoms with E-state index < -0.39 is 18.2 Å². The maximum absolute atomic E-state index is 12.5. The van der Waals surface area contributed by atoms with Crippen LogP contribution in [-0.4, -0.2) is 40.0 Å². The highest BCUT2D eigenvalue weighted by atomic mass is 16.4. The van der Waals surface area contributed by atoms with Gasteiger partial charge in [-0.15, -0.1) is 0 Å². The first kappa shape index (κ1) is 13.6. The lowest BCUT2D eigenvalue weighted by atomic mass is 9.89. The minimum Gasteiger partial charge on any atom is -0.465 e. The second kappa shape index (κ2) is 5.20. The van der Waals surface area contributed by atoms with Crippen LogP contribution in [0.15, 0.2) is 24.3 Å². The molecule has 2 N–H and O–H groups in total. The zero-order valence-corrected chi connectivity index (χ0v) is 11.4. The molecule has 2 atom stereocenters. The monoisotopic (exact) mass is 288 g/mol. The number of benzene rings is 1. The molecule has 1 saturated carbocycles. The third kappa shape index (κ3) is 2.26. The van der Waals surface area contributed by atoms with Crippen LogP contribution in [-0.2, 0) is 0 Å². The van der Waals surface area contributed by atoms with Gasteiger partial charge >= 0.3 is 6.09 Å². The summed E-state index contributed by atoms with van der Waals surface area (Å²) in [6.07, 6.45) is 1.94. The van der Waals surface area contributed by atoms with Crippen molar-refractivity contribution in [3.63, 3.8) is 0 Å². The van der Waals surface area contributed by atoms with Crippen molar-refractivity contribution >= 4 is 17.9 Å². The minimum absolute atomic E-state index is 0.320. The van der Waals surface area contributed by atoms with Crippen LogP contribution in [0.5, 0.6) is 0 Å². The third-order valence-corrected chi connectivity index (χ3v) is 4.20. The van der Waals surface area contributed by atoms with Crippen LogP contribution in [0.1, 0.15) is 46.4 Å². The number of nitrogens with zero attached hydrogens (tertiary/aromatic N) is 1. The summed E-state index contributed by atoms with van der Waals surface area (Å²) in [7, 11) is 0. The smallest absolute Gasteiger partial charge is 0.404 e. The van der Waals surface area contributed by atoms with Crippen LogP contribution in [0, 0.1) is 0 Å². The summed E-state index contributed by atoms with van der Waals surface area (Å²) in [5.74, 6) is -0.639. The lowest BCUT2D eigenvalue weighted by molar-refractivity contribution is 0.0502. The Hall–Kier alpha value is -2.37. The van der Waals surface area contributed by atoms with Crippen LogP contribution in [0.25, 0.3) is 0 Å². The molecule has 0 spiro atoms. The highest BCUT2D eigenvalue weighted by Crippen LogP contribution is 2.31. The van der Waals surface area contributed by atoms with E-state index in [1.54, 1.807) is 24.3 Å². The summed E-state index contributed by atoms with van der Waals surface area (Å²) in [6.45, 7) is 0. The standard InChI is InChI=1S/C15H16N2O4/c18-13-9-5-1-2-6-10(9)14(19)17(13)12-8-4-3-7-11(12)16-15(20)21/h1-2,5-6,11-12,16H,3-4,7-8H2,(H,20,21). The Morgan fingerprint density at radius 2 is 1.67 bits per heavy atom. The molecule has 0 saturated heterocycles. The van der Waals surface area contributed by atoms with Crippen molar-refractivity contribution in [2.24, 2.45) is 0 Å². The van der Waals surface area contributed by atoms with Gasteiger partial charge < -0.3 is 10.4 Å². The topological polar surface area (TPSA) is 86.7 Å². The molecule has 3 rings (SSSR count). The van der Waals surface area contributed by atoms with Gasteiger partial charge in [0.05, 0.1) is 23.2 Å². The Morgan fingerprint density at radius 3 is 2.24 bits per heavy atom. The summed E-state index contributed by atoms with van der Waals surface area (Å²) in [6, 6.07) is 5.93.